The number of Topliss-reactive ketones (excluding diaryl/α,β-unsaturated/α-hetero) is 1. The minimum Gasteiger partial charge on any atom is -0.303 e. The molecule has 1 atom stereocenters. The van der Waals surface area contributed by atoms with Crippen molar-refractivity contribution >= 4 is 11.3 Å². The van der Waals surface area contributed by atoms with Crippen molar-refractivity contribution < 1.29 is 4.79 Å². The molecule has 0 amide bonds. The Morgan fingerprint density at radius 1 is 1.03 bits per heavy atom. The Labute approximate surface area is 209 Å². The van der Waals surface area contributed by atoms with E-state index in [9.17, 15) is 4.79 Å². The fourth-order valence-electron chi connectivity index (χ4n) is 4.41. The molecule has 0 unspecified atom stereocenters. The van der Waals surface area contributed by atoms with Gasteiger partial charge in [0, 0.05) is 37.1 Å². The summed E-state index contributed by atoms with van der Waals surface area (Å²) in [4.78, 5) is 18.6. The third kappa shape index (κ3) is 4.67. The van der Waals surface area contributed by atoms with Crippen LogP contribution in [0.3, 0.4) is 0 Å². The summed E-state index contributed by atoms with van der Waals surface area (Å²) in [7, 11) is 1.89. The van der Waals surface area contributed by atoms with E-state index in [2.05, 4.69) is 21.5 Å². The molecule has 2 aromatic carbocycles. The Kier molecular flexibility index (Phi) is 6.44. The maximum Gasteiger partial charge on any atom is 0.204 e. The molecule has 3 aromatic heterocycles. The molecule has 0 bridgehead atoms. The van der Waals surface area contributed by atoms with Crippen LogP contribution in [0.5, 0.6) is 0 Å². The van der Waals surface area contributed by atoms with E-state index < -0.39 is 6.04 Å². The number of carbonyl (C=O) groups excluding carboxylic acids is 1. The van der Waals surface area contributed by atoms with Gasteiger partial charge in [-0.15, -0.1) is 0 Å². The maximum atomic E-state index is 13.9. The van der Waals surface area contributed by atoms with E-state index in [0.29, 0.717) is 17.8 Å². The topological polar surface area (TPSA) is 88.0 Å². The van der Waals surface area contributed by atoms with Crippen LogP contribution in [0.25, 0.3) is 16.6 Å². The predicted molar refractivity (Wildman–Crippen MR) is 139 cm³/mol. The van der Waals surface area contributed by atoms with Gasteiger partial charge in [0.1, 0.15) is 11.5 Å². The minimum absolute atomic E-state index is 0.0687. The van der Waals surface area contributed by atoms with E-state index in [4.69, 9.17) is 5.26 Å². The number of nitrogens with one attached hydrogen (secondary N) is 1. The van der Waals surface area contributed by atoms with Gasteiger partial charge >= 0.3 is 0 Å². The molecule has 0 spiro atoms. The third-order valence-corrected chi connectivity index (χ3v) is 6.33. The number of hydrogen-bond acceptors (Lipinski definition) is 5. The highest BCUT2D eigenvalue weighted by molar-refractivity contribution is 6.04. The first kappa shape index (κ1) is 23.2. The van der Waals surface area contributed by atoms with Crippen molar-refractivity contribution in [2.45, 2.75) is 19.4 Å². The normalized spacial score (nSPS) is 11.9. The van der Waals surface area contributed by atoms with E-state index in [1.807, 2.05) is 104 Å². The Morgan fingerprint density at radius 3 is 2.50 bits per heavy atom. The van der Waals surface area contributed by atoms with E-state index in [0.717, 1.165) is 40.0 Å². The number of rotatable bonds is 8. The van der Waals surface area contributed by atoms with Crippen molar-refractivity contribution in [1.82, 2.24) is 24.5 Å². The summed E-state index contributed by atoms with van der Waals surface area (Å²) in [5.74, 6) is 0.684. The summed E-state index contributed by atoms with van der Waals surface area (Å²) in [5.41, 5.74) is 5.88. The Hall–Kier alpha value is -4.54. The molecular weight excluding hydrogens is 448 g/mol. The summed E-state index contributed by atoms with van der Waals surface area (Å²) >= 11 is 0. The Balaban J connectivity index is 1.42. The molecule has 5 aromatic rings. The fraction of sp³-hybridized carbons (Fsp3) is 0.172. The van der Waals surface area contributed by atoms with Crippen LogP contribution in [0.2, 0.25) is 0 Å². The second kappa shape index (κ2) is 9.98. The molecule has 0 radical (unpaired) electrons. The number of nitriles is 1. The van der Waals surface area contributed by atoms with Crippen LogP contribution in [-0.4, -0.2) is 31.5 Å². The SMILES string of the molecule is Cc1nc(C(=O)[C@H](NCCc2ccc(C#N)cc2)c2ccccc2)c2ccc(-c3cnn(C)c3)cn12. The molecule has 7 nitrogen and oxygen atoms in total. The number of nitrogens with zero attached hydrogens (tertiary/aromatic N) is 5. The quantitative estimate of drug-likeness (QED) is 0.330. The molecule has 3 heterocycles. The number of aryl methyl sites for hydroxylation is 2. The molecule has 0 aliphatic rings. The minimum atomic E-state index is -0.527. The van der Waals surface area contributed by atoms with Crippen molar-refractivity contribution in [2.24, 2.45) is 7.05 Å². The molecule has 0 saturated heterocycles. The van der Waals surface area contributed by atoms with Gasteiger partial charge in [0.05, 0.1) is 29.4 Å². The first-order valence-corrected chi connectivity index (χ1v) is 11.8. The fourth-order valence-corrected chi connectivity index (χ4v) is 4.41. The van der Waals surface area contributed by atoms with Gasteiger partial charge in [0.2, 0.25) is 5.78 Å². The van der Waals surface area contributed by atoms with Crippen molar-refractivity contribution in [3.63, 3.8) is 0 Å². The van der Waals surface area contributed by atoms with Crippen LogP contribution in [0, 0.1) is 18.3 Å². The summed E-state index contributed by atoms with van der Waals surface area (Å²) in [5, 5.41) is 16.7. The zero-order valence-electron chi connectivity index (χ0n) is 20.2. The maximum absolute atomic E-state index is 13.9. The molecule has 0 aliphatic carbocycles. The summed E-state index contributed by atoms with van der Waals surface area (Å²) < 4.78 is 3.73. The zero-order chi connectivity index (χ0) is 25.1. The molecule has 7 heteroatoms. The van der Waals surface area contributed by atoms with Gasteiger partial charge in [-0.25, -0.2) is 4.98 Å². The molecule has 36 heavy (non-hydrogen) atoms. The van der Waals surface area contributed by atoms with E-state index in [1.54, 1.807) is 4.68 Å². The van der Waals surface area contributed by atoms with Crippen LogP contribution in [-0.2, 0) is 13.5 Å². The highest BCUT2D eigenvalue weighted by Crippen LogP contribution is 2.25. The summed E-state index contributed by atoms with van der Waals surface area (Å²) in [6.07, 6.45) is 6.52. The highest BCUT2D eigenvalue weighted by atomic mass is 16.1. The van der Waals surface area contributed by atoms with Crippen LogP contribution in [0.4, 0.5) is 0 Å². The molecule has 5 rings (SSSR count). The first-order valence-electron chi connectivity index (χ1n) is 11.8. The van der Waals surface area contributed by atoms with Crippen molar-refractivity contribution in [3.8, 4) is 17.2 Å². The number of carbonyl (C=O) groups is 1. The third-order valence-electron chi connectivity index (χ3n) is 6.33. The standard InChI is InChI=1S/C29H26N6O/c1-20-33-28(26-13-12-24(19-35(20)26)25-17-32-34(2)18-25)29(36)27(23-6-4-3-5-7-23)31-15-14-21-8-10-22(16-30)11-9-21/h3-13,17-19,27,31H,14-15H2,1-2H3/t27-/m1/s1. The predicted octanol–water partition coefficient (Wildman–Crippen LogP) is 4.67. The van der Waals surface area contributed by atoms with Crippen LogP contribution in [0.15, 0.2) is 85.3 Å². The lowest BCUT2D eigenvalue weighted by atomic mass is 9.99. The first-order chi connectivity index (χ1) is 17.5. The van der Waals surface area contributed by atoms with E-state index in [-0.39, 0.29) is 5.78 Å². The van der Waals surface area contributed by atoms with E-state index >= 15 is 0 Å². The van der Waals surface area contributed by atoms with E-state index in [1.165, 1.54) is 0 Å². The monoisotopic (exact) mass is 474 g/mol. The lowest BCUT2D eigenvalue weighted by Gasteiger charge is -2.18. The lowest BCUT2D eigenvalue weighted by molar-refractivity contribution is 0.0940. The number of hydrogen-bond donors (Lipinski definition) is 1. The number of benzene rings is 2. The molecular formula is C29H26N6O. The van der Waals surface area contributed by atoms with Crippen molar-refractivity contribution in [2.75, 3.05) is 6.54 Å². The number of imidazole rings is 1. The molecule has 0 saturated carbocycles. The average molecular weight is 475 g/mol. The van der Waals surface area contributed by atoms with Gasteiger partial charge < -0.3 is 9.72 Å². The van der Waals surface area contributed by atoms with Crippen molar-refractivity contribution in [3.05, 3.63) is 114 Å². The molecule has 0 fully saturated rings. The average Bonchev–Trinajstić information content (AvgIpc) is 3.50. The van der Waals surface area contributed by atoms with Gasteiger partial charge in [-0.1, -0.05) is 48.5 Å². The van der Waals surface area contributed by atoms with Gasteiger partial charge in [-0.2, -0.15) is 10.4 Å². The number of ketones is 1. The smallest absolute Gasteiger partial charge is 0.204 e. The largest absolute Gasteiger partial charge is 0.303 e. The Bertz CT molecular complexity index is 1560. The van der Waals surface area contributed by atoms with Crippen LogP contribution >= 0.6 is 0 Å². The van der Waals surface area contributed by atoms with Gasteiger partial charge in [-0.05, 0) is 42.7 Å². The lowest BCUT2D eigenvalue weighted by Crippen LogP contribution is -2.30. The molecule has 1 N–H and O–H groups in total. The summed E-state index contributed by atoms with van der Waals surface area (Å²) in [6.45, 7) is 2.51. The second-order valence-corrected chi connectivity index (χ2v) is 8.80. The summed E-state index contributed by atoms with van der Waals surface area (Å²) in [6, 6.07) is 22.8. The van der Waals surface area contributed by atoms with Gasteiger partial charge in [-0.3, -0.25) is 9.48 Å². The number of fused-ring (bicyclic) bond motifs is 1. The van der Waals surface area contributed by atoms with Crippen LogP contribution in [0.1, 0.15) is 39.0 Å². The van der Waals surface area contributed by atoms with Crippen LogP contribution < -0.4 is 5.32 Å². The Morgan fingerprint density at radius 2 is 1.81 bits per heavy atom. The zero-order valence-corrected chi connectivity index (χ0v) is 20.2. The number of pyridine rings is 1. The molecule has 0 aliphatic heterocycles. The van der Waals surface area contributed by atoms with Gasteiger partial charge in [0.25, 0.3) is 0 Å². The van der Waals surface area contributed by atoms with Crippen molar-refractivity contribution in [1.29, 1.82) is 5.26 Å². The highest BCUT2D eigenvalue weighted by Gasteiger charge is 2.26. The second-order valence-electron chi connectivity index (χ2n) is 8.80. The van der Waals surface area contributed by atoms with Gasteiger partial charge in [0.15, 0.2) is 0 Å². The molecule has 178 valence electrons. The number of aromatic nitrogens is 4.